The lowest BCUT2D eigenvalue weighted by Gasteiger charge is -2.06. The first-order valence-electron chi connectivity index (χ1n) is 6.47. The van der Waals surface area contributed by atoms with Crippen molar-refractivity contribution in [3.63, 3.8) is 0 Å². The molecule has 0 fully saturated rings. The van der Waals surface area contributed by atoms with E-state index in [9.17, 15) is 4.79 Å². The van der Waals surface area contributed by atoms with Gasteiger partial charge in [0.15, 0.2) is 0 Å². The van der Waals surface area contributed by atoms with Crippen molar-refractivity contribution in [3.05, 3.63) is 53.1 Å². The molecule has 1 aromatic carbocycles. The number of carbonyl (C=O) groups excluding carboxylic acids is 1. The van der Waals surface area contributed by atoms with Crippen molar-refractivity contribution in [1.29, 1.82) is 0 Å². The number of benzene rings is 1. The molecule has 2 rings (SSSR count). The molecule has 2 aromatic rings. The molecule has 4 heteroatoms. The second-order valence-corrected chi connectivity index (χ2v) is 4.70. The molecule has 0 unspecified atom stereocenters. The van der Waals surface area contributed by atoms with E-state index in [1.807, 2.05) is 44.3 Å². The van der Waals surface area contributed by atoms with Gasteiger partial charge in [0.05, 0.1) is 6.42 Å². The van der Waals surface area contributed by atoms with Crippen LogP contribution in [0.2, 0.25) is 0 Å². The maximum absolute atomic E-state index is 11.8. The van der Waals surface area contributed by atoms with Gasteiger partial charge < -0.3 is 10.3 Å². The lowest BCUT2D eigenvalue weighted by Crippen LogP contribution is -2.27. The van der Waals surface area contributed by atoms with Crippen molar-refractivity contribution < 1.29 is 4.79 Å². The first-order chi connectivity index (χ1) is 9.15. The summed E-state index contributed by atoms with van der Waals surface area (Å²) in [5.41, 5.74) is 3.29. The Balaban J connectivity index is 1.77. The second-order valence-electron chi connectivity index (χ2n) is 4.70. The molecule has 0 atom stereocenters. The number of nitrogens with one attached hydrogen (secondary N) is 2. The van der Waals surface area contributed by atoms with Crippen LogP contribution >= 0.6 is 0 Å². The third kappa shape index (κ3) is 3.95. The van der Waals surface area contributed by atoms with E-state index < -0.39 is 0 Å². The van der Waals surface area contributed by atoms with Crippen LogP contribution in [0, 0.1) is 13.8 Å². The number of aromatic amines is 1. The van der Waals surface area contributed by atoms with Crippen LogP contribution in [0.4, 0.5) is 0 Å². The van der Waals surface area contributed by atoms with Crippen molar-refractivity contribution in [3.8, 4) is 0 Å². The zero-order valence-corrected chi connectivity index (χ0v) is 11.4. The molecule has 0 spiro atoms. The van der Waals surface area contributed by atoms with Gasteiger partial charge in [-0.2, -0.15) is 0 Å². The fraction of sp³-hybridized carbons (Fsp3) is 0.333. The SMILES string of the molecule is Cc1ncc(CCNC(=O)Cc2ccccc2C)[nH]1. The molecular weight excluding hydrogens is 238 g/mol. The summed E-state index contributed by atoms with van der Waals surface area (Å²) in [6, 6.07) is 7.96. The number of carbonyl (C=O) groups is 1. The molecule has 0 aliphatic heterocycles. The van der Waals surface area contributed by atoms with Crippen molar-refractivity contribution >= 4 is 5.91 Å². The smallest absolute Gasteiger partial charge is 0.224 e. The highest BCUT2D eigenvalue weighted by atomic mass is 16.1. The van der Waals surface area contributed by atoms with Gasteiger partial charge in [-0.25, -0.2) is 4.98 Å². The maximum atomic E-state index is 11.8. The molecule has 2 N–H and O–H groups in total. The molecule has 100 valence electrons. The van der Waals surface area contributed by atoms with E-state index in [4.69, 9.17) is 0 Å². The molecule has 19 heavy (non-hydrogen) atoms. The van der Waals surface area contributed by atoms with E-state index in [1.54, 1.807) is 0 Å². The van der Waals surface area contributed by atoms with Gasteiger partial charge in [-0.15, -0.1) is 0 Å². The van der Waals surface area contributed by atoms with Crippen LogP contribution < -0.4 is 5.32 Å². The molecule has 0 radical (unpaired) electrons. The molecule has 1 amide bonds. The van der Waals surface area contributed by atoms with Gasteiger partial charge in [-0.05, 0) is 25.0 Å². The Bertz CT molecular complexity index is 560. The first kappa shape index (κ1) is 13.3. The number of nitrogens with zero attached hydrogens (tertiary/aromatic N) is 1. The van der Waals surface area contributed by atoms with Crippen LogP contribution in [0.5, 0.6) is 0 Å². The molecule has 0 bridgehead atoms. The summed E-state index contributed by atoms with van der Waals surface area (Å²) in [5, 5.41) is 2.93. The molecule has 4 nitrogen and oxygen atoms in total. The summed E-state index contributed by atoms with van der Waals surface area (Å²) in [6.07, 6.45) is 3.03. The van der Waals surface area contributed by atoms with Crippen LogP contribution in [0.25, 0.3) is 0 Å². The summed E-state index contributed by atoms with van der Waals surface area (Å²) < 4.78 is 0. The topological polar surface area (TPSA) is 57.8 Å². The van der Waals surface area contributed by atoms with E-state index >= 15 is 0 Å². The predicted octanol–water partition coefficient (Wildman–Crippen LogP) is 1.93. The molecule has 1 heterocycles. The highest BCUT2D eigenvalue weighted by Crippen LogP contribution is 2.07. The second kappa shape index (κ2) is 6.18. The number of aryl methyl sites for hydroxylation is 2. The Hall–Kier alpha value is -2.10. The quantitative estimate of drug-likeness (QED) is 0.860. The number of hydrogen-bond donors (Lipinski definition) is 2. The van der Waals surface area contributed by atoms with E-state index in [1.165, 1.54) is 0 Å². The number of rotatable bonds is 5. The van der Waals surface area contributed by atoms with Crippen molar-refractivity contribution in [2.45, 2.75) is 26.7 Å². The van der Waals surface area contributed by atoms with Crippen LogP contribution in [0.15, 0.2) is 30.5 Å². The van der Waals surface area contributed by atoms with E-state index in [0.29, 0.717) is 13.0 Å². The van der Waals surface area contributed by atoms with Crippen molar-refractivity contribution in [2.75, 3.05) is 6.54 Å². The monoisotopic (exact) mass is 257 g/mol. The van der Waals surface area contributed by atoms with Gasteiger partial charge in [-0.3, -0.25) is 4.79 Å². The summed E-state index contributed by atoms with van der Waals surface area (Å²) in [5.74, 6) is 0.965. The summed E-state index contributed by atoms with van der Waals surface area (Å²) in [4.78, 5) is 19.1. The largest absolute Gasteiger partial charge is 0.355 e. The Morgan fingerprint density at radius 3 is 2.79 bits per heavy atom. The zero-order valence-electron chi connectivity index (χ0n) is 11.4. The zero-order chi connectivity index (χ0) is 13.7. The minimum Gasteiger partial charge on any atom is -0.355 e. The first-order valence-corrected chi connectivity index (χ1v) is 6.47. The van der Waals surface area contributed by atoms with Crippen LogP contribution in [-0.2, 0) is 17.6 Å². The highest BCUT2D eigenvalue weighted by Gasteiger charge is 2.05. The van der Waals surface area contributed by atoms with Gasteiger partial charge in [0.2, 0.25) is 5.91 Å². The number of aromatic nitrogens is 2. The Morgan fingerprint density at radius 2 is 2.11 bits per heavy atom. The molecule has 1 aromatic heterocycles. The average Bonchev–Trinajstić information content (AvgIpc) is 2.78. The minimum atomic E-state index is 0.0607. The van der Waals surface area contributed by atoms with Crippen molar-refractivity contribution in [1.82, 2.24) is 15.3 Å². The molecule has 0 saturated carbocycles. The average molecular weight is 257 g/mol. The number of amides is 1. The van der Waals surface area contributed by atoms with Crippen molar-refractivity contribution in [2.24, 2.45) is 0 Å². The van der Waals surface area contributed by atoms with E-state index in [0.717, 1.165) is 29.1 Å². The lowest BCUT2D eigenvalue weighted by molar-refractivity contribution is -0.120. The van der Waals surface area contributed by atoms with E-state index in [-0.39, 0.29) is 5.91 Å². The predicted molar refractivity (Wildman–Crippen MR) is 74.9 cm³/mol. The number of H-pyrrole nitrogens is 1. The number of hydrogen-bond acceptors (Lipinski definition) is 2. The fourth-order valence-electron chi connectivity index (χ4n) is 1.98. The van der Waals surface area contributed by atoms with Crippen LogP contribution in [0.3, 0.4) is 0 Å². The van der Waals surface area contributed by atoms with E-state index in [2.05, 4.69) is 15.3 Å². The van der Waals surface area contributed by atoms with Gasteiger partial charge in [0, 0.05) is 24.9 Å². The van der Waals surface area contributed by atoms with Crippen LogP contribution in [-0.4, -0.2) is 22.4 Å². The molecule has 0 aliphatic carbocycles. The Labute approximate surface area is 113 Å². The normalized spacial score (nSPS) is 10.4. The molecular formula is C15H19N3O. The van der Waals surface area contributed by atoms with Crippen LogP contribution in [0.1, 0.15) is 22.6 Å². The summed E-state index contributed by atoms with van der Waals surface area (Å²) >= 11 is 0. The number of imidazole rings is 1. The molecule has 0 saturated heterocycles. The van der Waals surface area contributed by atoms with Gasteiger partial charge in [0.1, 0.15) is 5.82 Å². The standard InChI is InChI=1S/C15H19N3O/c1-11-5-3-4-6-13(11)9-15(19)16-8-7-14-10-17-12(2)18-14/h3-6,10H,7-9H2,1-2H3,(H,16,19)(H,17,18). The Morgan fingerprint density at radius 1 is 1.32 bits per heavy atom. The van der Waals surface area contributed by atoms with Gasteiger partial charge >= 0.3 is 0 Å². The third-order valence-electron chi connectivity index (χ3n) is 3.08. The lowest BCUT2D eigenvalue weighted by atomic mass is 10.1. The third-order valence-corrected chi connectivity index (χ3v) is 3.08. The minimum absolute atomic E-state index is 0.0607. The van der Waals surface area contributed by atoms with Gasteiger partial charge in [-0.1, -0.05) is 24.3 Å². The summed E-state index contributed by atoms with van der Waals surface area (Å²) in [6.45, 7) is 4.57. The highest BCUT2D eigenvalue weighted by molar-refractivity contribution is 5.78. The fourth-order valence-corrected chi connectivity index (χ4v) is 1.98. The molecule has 0 aliphatic rings. The Kier molecular flexibility index (Phi) is 4.34. The maximum Gasteiger partial charge on any atom is 0.224 e. The van der Waals surface area contributed by atoms with Gasteiger partial charge in [0.25, 0.3) is 0 Å². The summed E-state index contributed by atoms with van der Waals surface area (Å²) in [7, 11) is 0.